The lowest BCUT2D eigenvalue weighted by atomic mass is 10.1. The molecule has 1 saturated carbocycles. The van der Waals surface area contributed by atoms with Crippen LogP contribution in [0.4, 0.5) is 0 Å². The monoisotopic (exact) mass is 373 g/mol. The Morgan fingerprint density at radius 2 is 1.96 bits per heavy atom. The van der Waals surface area contributed by atoms with E-state index in [1.807, 2.05) is 32.0 Å². The van der Waals surface area contributed by atoms with Gasteiger partial charge < -0.3 is 8.94 Å². The Hall–Kier alpha value is -2.48. The molecule has 2 heterocycles. The third kappa shape index (κ3) is 3.70. The van der Waals surface area contributed by atoms with Gasteiger partial charge in [-0.1, -0.05) is 22.9 Å². The molecule has 0 atom stereocenters. The Kier molecular flexibility index (Phi) is 4.14. The zero-order valence-electron chi connectivity index (χ0n) is 14.6. The van der Waals surface area contributed by atoms with Gasteiger partial charge in [0.05, 0.1) is 11.4 Å². The van der Waals surface area contributed by atoms with Gasteiger partial charge in [0.15, 0.2) is 15.7 Å². The predicted molar refractivity (Wildman–Crippen MR) is 94.0 cm³/mol. The molecule has 8 heteroatoms. The van der Waals surface area contributed by atoms with E-state index in [9.17, 15) is 8.42 Å². The highest BCUT2D eigenvalue weighted by Gasteiger charge is 2.29. The molecule has 0 unspecified atom stereocenters. The smallest absolute Gasteiger partial charge is 0.241 e. The summed E-state index contributed by atoms with van der Waals surface area (Å²) in [5.41, 5.74) is 3.39. The maximum atomic E-state index is 12.4. The van der Waals surface area contributed by atoms with Crippen LogP contribution in [0.2, 0.25) is 0 Å². The van der Waals surface area contributed by atoms with E-state index in [2.05, 4.69) is 15.1 Å². The molecule has 7 nitrogen and oxygen atoms in total. The van der Waals surface area contributed by atoms with Gasteiger partial charge in [-0.25, -0.2) is 13.4 Å². The fraction of sp³-hybridized carbons (Fsp3) is 0.389. The van der Waals surface area contributed by atoms with Crippen LogP contribution in [0.15, 0.2) is 33.4 Å². The molecule has 0 saturated heterocycles. The van der Waals surface area contributed by atoms with Crippen molar-refractivity contribution >= 4 is 9.84 Å². The van der Waals surface area contributed by atoms with E-state index in [-0.39, 0.29) is 17.4 Å². The van der Waals surface area contributed by atoms with Crippen molar-refractivity contribution in [3.63, 3.8) is 0 Å². The normalized spacial score (nSPS) is 14.7. The van der Waals surface area contributed by atoms with Gasteiger partial charge in [-0.3, -0.25) is 0 Å². The molecule has 0 spiro atoms. The second-order valence-electron chi connectivity index (χ2n) is 6.82. The van der Waals surface area contributed by atoms with Gasteiger partial charge in [-0.2, -0.15) is 4.98 Å². The van der Waals surface area contributed by atoms with Gasteiger partial charge >= 0.3 is 0 Å². The Morgan fingerprint density at radius 1 is 1.15 bits per heavy atom. The standard InChI is InChI=1S/C18H19N3O4S/c1-11-3-6-15(12(2)7-11)18-19-14(8-24-18)9-26(22,23)10-16-20-17(21-25-16)13-4-5-13/h3,6-8,13H,4-5,9-10H2,1-2H3. The van der Waals surface area contributed by atoms with Crippen molar-refractivity contribution in [1.82, 2.24) is 15.1 Å². The molecule has 0 bridgehead atoms. The number of nitrogens with zero attached hydrogens (tertiary/aromatic N) is 3. The first-order chi connectivity index (χ1) is 12.4. The minimum atomic E-state index is -3.48. The topological polar surface area (TPSA) is 99.1 Å². The summed E-state index contributed by atoms with van der Waals surface area (Å²) >= 11 is 0. The van der Waals surface area contributed by atoms with E-state index in [0.29, 0.717) is 23.3 Å². The lowest BCUT2D eigenvalue weighted by molar-refractivity contribution is 0.382. The molecule has 1 aliphatic carbocycles. The van der Waals surface area contributed by atoms with Crippen molar-refractivity contribution in [2.75, 3.05) is 0 Å². The van der Waals surface area contributed by atoms with E-state index in [1.165, 1.54) is 6.26 Å². The Balaban J connectivity index is 1.48. The molecule has 0 amide bonds. The average molecular weight is 373 g/mol. The first kappa shape index (κ1) is 17.0. The lowest BCUT2D eigenvalue weighted by Crippen LogP contribution is -2.08. The second kappa shape index (κ2) is 6.35. The van der Waals surface area contributed by atoms with Crippen LogP contribution in [-0.2, 0) is 21.3 Å². The first-order valence-corrected chi connectivity index (χ1v) is 10.3. The van der Waals surface area contributed by atoms with Gasteiger partial charge in [0.25, 0.3) is 0 Å². The van der Waals surface area contributed by atoms with Crippen molar-refractivity contribution in [3.8, 4) is 11.5 Å². The predicted octanol–water partition coefficient (Wildman–Crippen LogP) is 3.33. The maximum absolute atomic E-state index is 12.4. The number of hydrogen-bond acceptors (Lipinski definition) is 7. The number of benzene rings is 1. The Labute approximate surface area is 151 Å². The largest absolute Gasteiger partial charge is 0.444 e. The minimum Gasteiger partial charge on any atom is -0.444 e. The number of aromatic nitrogens is 3. The number of sulfone groups is 1. The fourth-order valence-corrected chi connectivity index (χ4v) is 4.03. The molecule has 2 aromatic heterocycles. The van der Waals surface area contributed by atoms with Crippen LogP contribution in [0.25, 0.3) is 11.5 Å². The minimum absolute atomic E-state index is 0.130. The van der Waals surface area contributed by atoms with E-state index < -0.39 is 9.84 Å². The Bertz CT molecular complexity index is 1050. The van der Waals surface area contributed by atoms with E-state index >= 15 is 0 Å². The highest BCUT2D eigenvalue weighted by atomic mass is 32.2. The van der Waals surface area contributed by atoms with Crippen LogP contribution in [0.1, 0.15) is 47.3 Å². The summed E-state index contributed by atoms with van der Waals surface area (Å²) in [6.07, 6.45) is 3.45. The molecular formula is C18H19N3O4S. The zero-order valence-corrected chi connectivity index (χ0v) is 15.4. The van der Waals surface area contributed by atoms with Crippen molar-refractivity contribution in [2.24, 2.45) is 0 Å². The van der Waals surface area contributed by atoms with Crippen molar-refractivity contribution < 1.29 is 17.4 Å². The fourth-order valence-electron chi connectivity index (χ4n) is 2.85. The quantitative estimate of drug-likeness (QED) is 0.653. The van der Waals surface area contributed by atoms with Crippen LogP contribution in [-0.4, -0.2) is 23.5 Å². The van der Waals surface area contributed by atoms with Crippen molar-refractivity contribution in [2.45, 2.75) is 44.1 Å². The highest BCUT2D eigenvalue weighted by molar-refractivity contribution is 7.89. The number of hydrogen-bond donors (Lipinski definition) is 0. The maximum Gasteiger partial charge on any atom is 0.241 e. The molecule has 0 N–H and O–H groups in total. The third-order valence-corrected chi connectivity index (χ3v) is 5.72. The molecule has 3 aromatic rings. The summed E-state index contributed by atoms with van der Waals surface area (Å²) < 4.78 is 35.4. The molecule has 26 heavy (non-hydrogen) atoms. The van der Waals surface area contributed by atoms with Gasteiger partial charge in [-0.15, -0.1) is 0 Å². The van der Waals surface area contributed by atoms with Gasteiger partial charge in [0.1, 0.15) is 12.0 Å². The lowest BCUT2D eigenvalue weighted by Gasteiger charge is -2.02. The van der Waals surface area contributed by atoms with Crippen molar-refractivity contribution in [3.05, 3.63) is 53.0 Å². The summed E-state index contributed by atoms with van der Waals surface area (Å²) in [6, 6.07) is 5.92. The summed E-state index contributed by atoms with van der Waals surface area (Å²) in [7, 11) is -3.48. The van der Waals surface area contributed by atoms with E-state index in [4.69, 9.17) is 8.94 Å². The first-order valence-electron chi connectivity index (χ1n) is 8.44. The van der Waals surface area contributed by atoms with Crippen LogP contribution in [0.3, 0.4) is 0 Å². The summed E-state index contributed by atoms with van der Waals surface area (Å²) in [5, 5.41) is 3.85. The average Bonchev–Trinajstić information content (AvgIpc) is 3.15. The summed E-state index contributed by atoms with van der Waals surface area (Å²) in [4.78, 5) is 8.50. The molecule has 1 aliphatic rings. The van der Waals surface area contributed by atoms with E-state index in [1.54, 1.807) is 0 Å². The zero-order chi connectivity index (χ0) is 18.3. The molecular weight excluding hydrogens is 354 g/mol. The van der Waals surface area contributed by atoms with E-state index in [0.717, 1.165) is 29.5 Å². The van der Waals surface area contributed by atoms with Crippen molar-refractivity contribution in [1.29, 1.82) is 0 Å². The molecule has 0 radical (unpaired) electrons. The highest BCUT2D eigenvalue weighted by Crippen LogP contribution is 2.38. The summed E-state index contributed by atoms with van der Waals surface area (Å²) in [6.45, 7) is 3.98. The van der Waals surface area contributed by atoms with Crippen LogP contribution in [0.5, 0.6) is 0 Å². The van der Waals surface area contributed by atoms with Crippen LogP contribution in [0, 0.1) is 13.8 Å². The summed E-state index contributed by atoms with van der Waals surface area (Å²) in [5.74, 6) is 0.951. The molecule has 1 aromatic carbocycles. The van der Waals surface area contributed by atoms with Gasteiger partial charge in [-0.05, 0) is 38.3 Å². The molecule has 1 fully saturated rings. The molecule has 0 aliphatic heterocycles. The van der Waals surface area contributed by atoms with Crippen LogP contribution >= 0.6 is 0 Å². The molecule has 4 rings (SSSR count). The van der Waals surface area contributed by atoms with Gasteiger partial charge in [0.2, 0.25) is 11.8 Å². The Morgan fingerprint density at radius 3 is 2.69 bits per heavy atom. The van der Waals surface area contributed by atoms with Crippen LogP contribution < -0.4 is 0 Å². The third-order valence-electron chi connectivity index (χ3n) is 4.30. The molecule has 136 valence electrons. The number of oxazole rings is 1. The van der Waals surface area contributed by atoms with Gasteiger partial charge in [0, 0.05) is 11.5 Å². The number of rotatable bonds is 6. The second-order valence-corrected chi connectivity index (χ2v) is 8.88. The SMILES string of the molecule is Cc1ccc(-c2nc(CS(=O)(=O)Cc3nc(C4CC4)no3)co2)c(C)c1. The number of aryl methyl sites for hydroxylation is 2.